The maximum atomic E-state index is 12.4. The largest absolute Gasteiger partial charge is 0.480 e. The lowest BCUT2D eigenvalue weighted by molar-refractivity contribution is -0.138. The highest BCUT2D eigenvalue weighted by molar-refractivity contribution is 5.81. The third-order valence-corrected chi connectivity index (χ3v) is 2.77. The molecule has 2 amide bonds. The number of carbonyl (C=O) groups excluding carboxylic acids is 1. The van der Waals surface area contributed by atoms with Crippen LogP contribution in [-0.2, 0) is 4.79 Å². The maximum absolute atomic E-state index is 12.4. The number of hydrogen-bond acceptors (Lipinski definition) is 2. The standard InChI is InChI=1S/C15H30N2O3/c1-13(2,3)10-15(7,8)16-12(20)17(9-11(18)19)14(4,5)6/h9-10H2,1-8H3,(H,16,20)(H,18,19). The lowest BCUT2D eigenvalue weighted by Gasteiger charge is -2.39. The summed E-state index contributed by atoms with van der Waals surface area (Å²) < 4.78 is 0. The summed E-state index contributed by atoms with van der Waals surface area (Å²) >= 11 is 0. The molecule has 0 unspecified atom stereocenters. The van der Waals surface area contributed by atoms with Crippen LogP contribution in [0.25, 0.3) is 0 Å². The summed E-state index contributed by atoms with van der Waals surface area (Å²) in [6, 6.07) is -0.339. The lowest BCUT2D eigenvalue weighted by atomic mass is 9.82. The fourth-order valence-corrected chi connectivity index (χ4v) is 2.48. The fraction of sp³-hybridized carbons (Fsp3) is 0.867. The van der Waals surface area contributed by atoms with Crippen LogP contribution in [0.2, 0.25) is 0 Å². The van der Waals surface area contributed by atoms with Gasteiger partial charge in [0.2, 0.25) is 0 Å². The second-order valence-corrected chi connectivity index (χ2v) is 8.20. The first kappa shape index (κ1) is 18.7. The normalized spacial score (nSPS) is 13.0. The molecule has 0 aromatic carbocycles. The zero-order valence-corrected chi connectivity index (χ0v) is 14.1. The predicted octanol–water partition coefficient (Wildman–Crippen LogP) is 3.10. The van der Waals surface area contributed by atoms with E-state index in [4.69, 9.17) is 5.11 Å². The van der Waals surface area contributed by atoms with E-state index in [2.05, 4.69) is 26.1 Å². The molecule has 0 radical (unpaired) electrons. The van der Waals surface area contributed by atoms with E-state index in [0.29, 0.717) is 0 Å². The second-order valence-electron chi connectivity index (χ2n) is 8.20. The molecule has 5 heteroatoms. The van der Waals surface area contributed by atoms with E-state index in [9.17, 15) is 9.59 Å². The van der Waals surface area contributed by atoms with E-state index >= 15 is 0 Å². The third-order valence-electron chi connectivity index (χ3n) is 2.77. The van der Waals surface area contributed by atoms with Gasteiger partial charge >= 0.3 is 12.0 Å². The number of carboxylic acids is 1. The Kier molecular flexibility index (Phi) is 5.64. The molecule has 0 saturated heterocycles. The van der Waals surface area contributed by atoms with Crippen LogP contribution in [-0.4, -0.2) is 39.6 Å². The minimum atomic E-state index is -1.01. The summed E-state index contributed by atoms with van der Waals surface area (Å²) in [4.78, 5) is 24.7. The molecule has 0 saturated carbocycles. The van der Waals surface area contributed by atoms with E-state index in [1.54, 1.807) is 0 Å². The minimum Gasteiger partial charge on any atom is -0.480 e. The smallest absolute Gasteiger partial charge is 0.323 e. The van der Waals surface area contributed by atoms with Crippen molar-refractivity contribution in [2.75, 3.05) is 6.54 Å². The molecule has 0 aliphatic rings. The first-order chi connectivity index (χ1) is 8.64. The maximum Gasteiger partial charge on any atom is 0.323 e. The van der Waals surface area contributed by atoms with Gasteiger partial charge in [0.25, 0.3) is 0 Å². The molecule has 2 N–H and O–H groups in total. The van der Waals surface area contributed by atoms with Crippen molar-refractivity contribution in [3.63, 3.8) is 0 Å². The van der Waals surface area contributed by atoms with Crippen molar-refractivity contribution in [3.8, 4) is 0 Å². The van der Waals surface area contributed by atoms with Crippen LogP contribution >= 0.6 is 0 Å². The SMILES string of the molecule is CC(C)(C)CC(C)(C)NC(=O)N(CC(=O)O)C(C)(C)C. The van der Waals surface area contributed by atoms with Gasteiger partial charge in [-0.2, -0.15) is 0 Å². The molecule has 5 nitrogen and oxygen atoms in total. The van der Waals surface area contributed by atoms with Gasteiger partial charge in [0.15, 0.2) is 0 Å². The zero-order chi connectivity index (χ0) is 16.4. The van der Waals surface area contributed by atoms with Crippen molar-refractivity contribution in [3.05, 3.63) is 0 Å². The molecule has 0 aliphatic carbocycles. The van der Waals surface area contributed by atoms with Gasteiger partial charge in [-0.1, -0.05) is 20.8 Å². The summed E-state index contributed by atoms with van der Waals surface area (Å²) in [5.41, 5.74) is -0.853. The molecule has 0 atom stereocenters. The number of nitrogens with zero attached hydrogens (tertiary/aromatic N) is 1. The Hall–Kier alpha value is -1.26. The number of amides is 2. The van der Waals surface area contributed by atoms with E-state index in [1.807, 2.05) is 34.6 Å². The summed E-state index contributed by atoms with van der Waals surface area (Å²) in [5, 5.41) is 11.9. The van der Waals surface area contributed by atoms with Gasteiger partial charge in [-0.25, -0.2) is 4.79 Å². The van der Waals surface area contributed by atoms with Crippen LogP contribution in [0.4, 0.5) is 4.79 Å². The fourth-order valence-electron chi connectivity index (χ4n) is 2.48. The van der Waals surface area contributed by atoms with E-state index < -0.39 is 17.0 Å². The number of nitrogens with one attached hydrogen (secondary N) is 1. The minimum absolute atomic E-state index is 0.0795. The van der Waals surface area contributed by atoms with Crippen LogP contribution in [0.5, 0.6) is 0 Å². The highest BCUT2D eigenvalue weighted by atomic mass is 16.4. The van der Waals surface area contributed by atoms with Gasteiger partial charge in [0, 0.05) is 11.1 Å². The Labute approximate surface area is 122 Å². The summed E-state index contributed by atoms with van der Waals surface area (Å²) in [6.45, 7) is 15.4. The first-order valence-corrected chi connectivity index (χ1v) is 6.96. The van der Waals surface area contributed by atoms with Crippen molar-refractivity contribution in [2.45, 2.75) is 72.9 Å². The third kappa shape index (κ3) is 7.36. The van der Waals surface area contributed by atoms with Crippen LogP contribution in [0, 0.1) is 5.41 Å². The Morgan fingerprint density at radius 1 is 1.00 bits per heavy atom. The van der Waals surface area contributed by atoms with Crippen molar-refractivity contribution in [1.82, 2.24) is 10.2 Å². The highest BCUT2D eigenvalue weighted by Crippen LogP contribution is 2.27. The molecule has 118 valence electrons. The highest BCUT2D eigenvalue weighted by Gasteiger charge is 2.33. The Morgan fingerprint density at radius 2 is 1.45 bits per heavy atom. The summed E-state index contributed by atoms with van der Waals surface area (Å²) in [6.07, 6.45) is 0.802. The molecule has 20 heavy (non-hydrogen) atoms. The van der Waals surface area contributed by atoms with Gasteiger partial charge in [-0.15, -0.1) is 0 Å². The number of hydrogen-bond donors (Lipinski definition) is 2. The van der Waals surface area contributed by atoms with Gasteiger partial charge in [-0.3, -0.25) is 4.79 Å². The number of aliphatic carboxylic acids is 1. The van der Waals surface area contributed by atoms with Crippen molar-refractivity contribution >= 4 is 12.0 Å². The number of carbonyl (C=O) groups is 2. The van der Waals surface area contributed by atoms with Crippen LogP contribution < -0.4 is 5.32 Å². The molecule has 0 rings (SSSR count). The average molecular weight is 286 g/mol. The van der Waals surface area contributed by atoms with Crippen LogP contribution in [0.3, 0.4) is 0 Å². The van der Waals surface area contributed by atoms with Crippen molar-refractivity contribution < 1.29 is 14.7 Å². The lowest BCUT2D eigenvalue weighted by Crippen LogP contribution is -2.57. The van der Waals surface area contributed by atoms with Crippen LogP contribution in [0.15, 0.2) is 0 Å². The second kappa shape index (κ2) is 6.02. The topological polar surface area (TPSA) is 69.6 Å². The molecular weight excluding hydrogens is 256 g/mol. The van der Waals surface area contributed by atoms with E-state index in [-0.39, 0.29) is 18.0 Å². The molecule has 0 aliphatic heterocycles. The zero-order valence-electron chi connectivity index (χ0n) is 14.1. The number of rotatable bonds is 4. The molecular formula is C15H30N2O3. The Balaban J connectivity index is 4.97. The first-order valence-electron chi connectivity index (χ1n) is 6.96. The van der Waals surface area contributed by atoms with E-state index in [0.717, 1.165) is 6.42 Å². The van der Waals surface area contributed by atoms with Gasteiger partial charge in [0.1, 0.15) is 6.54 Å². The van der Waals surface area contributed by atoms with Crippen molar-refractivity contribution in [2.24, 2.45) is 5.41 Å². The molecule has 0 spiro atoms. The predicted molar refractivity (Wildman–Crippen MR) is 80.8 cm³/mol. The monoisotopic (exact) mass is 286 g/mol. The van der Waals surface area contributed by atoms with Gasteiger partial charge < -0.3 is 15.3 Å². The van der Waals surface area contributed by atoms with Crippen LogP contribution in [0.1, 0.15) is 61.8 Å². The van der Waals surface area contributed by atoms with Crippen molar-refractivity contribution in [1.29, 1.82) is 0 Å². The summed E-state index contributed by atoms with van der Waals surface area (Å²) in [5.74, 6) is -1.01. The quantitative estimate of drug-likeness (QED) is 0.834. The van der Waals surface area contributed by atoms with Gasteiger partial charge in [-0.05, 0) is 46.5 Å². The molecule has 0 heterocycles. The molecule has 0 fully saturated rings. The number of urea groups is 1. The van der Waals surface area contributed by atoms with E-state index in [1.165, 1.54) is 4.90 Å². The summed E-state index contributed by atoms with van der Waals surface area (Å²) in [7, 11) is 0. The molecule has 0 aromatic rings. The molecule has 0 aromatic heterocycles. The molecule has 0 bridgehead atoms. The Morgan fingerprint density at radius 3 is 1.75 bits per heavy atom. The number of carboxylic acid groups (broad SMARTS) is 1. The average Bonchev–Trinajstić information content (AvgIpc) is 2.06. The van der Waals surface area contributed by atoms with Gasteiger partial charge in [0.05, 0.1) is 0 Å². The Bertz CT molecular complexity index is 362.